The summed E-state index contributed by atoms with van der Waals surface area (Å²) in [7, 11) is 2.80. The Morgan fingerprint density at radius 1 is 1.56 bits per heavy atom. The van der Waals surface area contributed by atoms with Crippen molar-refractivity contribution < 1.29 is 23.1 Å². The average molecular weight is 260 g/mol. The minimum absolute atomic E-state index is 0.154. The fourth-order valence-corrected chi connectivity index (χ4v) is 1.21. The van der Waals surface area contributed by atoms with Crippen LogP contribution in [-0.2, 0) is 4.84 Å². The molecule has 0 unspecified atom stereocenters. The van der Waals surface area contributed by atoms with Crippen LogP contribution >= 0.6 is 0 Å². The maximum atomic E-state index is 12.0. The lowest BCUT2D eigenvalue weighted by atomic mass is 10.2. The van der Waals surface area contributed by atoms with Crippen LogP contribution < -0.4 is 4.74 Å². The van der Waals surface area contributed by atoms with E-state index in [1.807, 2.05) is 0 Å². The lowest BCUT2D eigenvalue weighted by Gasteiger charge is -2.14. The number of halogens is 2. The van der Waals surface area contributed by atoms with E-state index in [0.29, 0.717) is 5.56 Å². The van der Waals surface area contributed by atoms with Gasteiger partial charge in [-0.3, -0.25) is 9.63 Å². The molecule has 0 radical (unpaired) electrons. The van der Waals surface area contributed by atoms with Gasteiger partial charge in [-0.15, -0.1) is 0 Å². The van der Waals surface area contributed by atoms with Crippen LogP contribution in [0.3, 0.4) is 0 Å². The number of ether oxygens (including phenoxy) is 1. The van der Waals surface area contributed by atoms with Gasteiger partial charge in [0.05, 0.1) is 13.3 Å². The quantitative estimate of drug-likeness (QED) is 0.756. The summed E-state index contributed by atoms with van der Waals surface area (Å²) in [4.78, 5) is 20.3. The Bertz CT molecular complexity index is 427. The minimum atomic E-state index is -2.55. The van der Waals surface area contributed by atoms with Crippen LogP contribution in [0.2, 0.25) is 0 Å². The van der Waals surface area contributed by atoms with Crippen LogP contribution in [-0.4, -0.2) is 43.1 Å². The molecule has 0 bridgehead atoms. The first-order valence-corrected chi connectivity index (χ1v) is 5.15. The number of amides is 1. The summed E-state index contributed by atoms with van der Waals surface area (Å²) in [5.41, 5.74) is 0.708. The second-order valence-corrected chi connectivity index (χ2v) is 3.52. The molecule has 0 aliphatic rings. The third-order valence-electron chi connectivity index (χ3n) is 2.21. The van der Waals surface area contributed by atoms with Crippen molar-refractivity contribution in [2.24, 2.45) is 0 Å². The molecule has 0 aliphatic carbocycles. The zero-order valence-corrected chi connectivity index (χ0v) is 10.3. The standard InChI is InChI=1S/C11H14F2N2O3/c1-7-4-8(11(16)15(2)17-3)14-5-9(7)18-6-10(12)13/h4-5,10H,6H2,1-3H3. The number of aromatic nitrogens is 1. The molecule has 1 heterocycles. The predicted octanol–water partition coefficient (Wildman–Crippen LogP) is 1.67. The van der Waals surface area contributed by atoms with Crippen LogP contribution in [0.25, 0.3) is 0 Å². The molecular formula is C11H14F2N2O3. The molecule has 0 saturated heterocycles. The van der Waals surface area contributed by atoms with Gasteiger partial charge in [-0.25, -0.2) is 18.8 Å². The number of pyridine rings is 1. The van der Waals surface area contributed by atoms with Crippen molar-refractivity contribution in [1.82, 2.24) is 10.0 Å². The smallest absolute Gasteiger partial charge is 0.295 e. The molecule has 0 aliphatic heterocycles. The van der Waals surface area contributed by atoms with Crippen LogP contribution in [0.5, 0.6) is 5.75 Å². The van der Waals surface area contributed by atoms with Gasteiger partial charge in [0.1, 0.15) is 18.1 Å². The molecule has 0 atom stereocenters. The number of nitrogens with zero attached hydrogens (tertiary/aromatic N) is 2. The Labute approximate surface area is 103 Å². The van der Waals surface area contributed by atoms with Crippen molar-refractivity contribution >= 4 is 5.91 Å². The van der Waals surface area contributed by atoms with Crippen molar-refractivity contribution in [2.75, 3.05) is 20.8 Å². The highest BCUT2D eigenvalue weighted by atomic mass is 19.3. The normalized spacial score (nSPS) is 10.6. The summed E-state index contributed by atoms with van der Waals surface area (Å²) in [6.07, 6.45) is -1.31. The van der Waals surface area contributed by atoms with Crippen LogP contribution in [0.15, 0.2) is 12.3 Å². The summed E-state index contributed by atoms with van der Waals surface area (Å²) in [5, 5.41) is 1.02. The lowest BCUT2D eigenvalue weighted by molar-refractivity contribution is -0.0760. The van der Waals surface area contributed by atoms with Gasteiger partial charge in [-0.1, -0.05) is 0 Å². The number of hydrogen-bond acceptors (Lipinski definition) is 4. The highest BCUT2D eigenvalue weighted by Gasteiger charge is 2.15. The van der Waals surface area contributed by atoms with E-state index in [9.17, 15) is 13.6 Å². The van der Waals surface area contributed by atoms with Gasteiger partial charge in [0, 0.05) is 7.05 Å². The summed E-state index contributed by atoms with van der Waals surface area (Å²) < 4.78 is 28.8. The maximum Gasteiger partial charge on any atom is 0.295 e. The second-order valence-electron chi connectivity index (χ2n) is 3.52. The van der Waals surface area contributed by atoms with Gasteiger partial charge < -0.3 is 4.74 Å². The molecule has 0 saturated carbocycles. The molecule has 1 aromatic heterocycles. The average Bonchev–Trinajstić information content (AvgIpc) is 2.35. The number of hydroxylamine groups is 2. The number of carbonyl (C=O) groups excluding carboxylic acids is 1. The van der Waals surface area contributed by atoms with E-state index in [4.69, 9.17) is 9.57 Å². The van der Waals surface area contributed by atoms with Gasteiger partial charge in [0.15, 0.2) is 0 Å². The molecule has 1 aromatic rings. The molecule has 1 rings (SSSR count). The van der Waals surface area contributed by atoms with Gasteiger partial charge in [0.2, 0.25) is 0 Å². The third-order valence-corrected chi connectivity index (χ3v) is 2.21. The summed E-state index contributed by atoms with van der Waals surface area (Å²) >= 11 is 0. The van der Waals surface area contributed by atoms with E-state index in [2.05, 4.69) is 4.98 Å². The zero-order valence-electron chi connectivity index (χ0n) is 10.3. The van der Waals surface area contributed by atoms with Gasteiger partial charge in [-0.05, 0) is 18.6 Å². The van der Waals surface area contributed by atoms with Crippen LogP contribution in [0.4, 0.5) is 8.78 Å². The topological polar surface area (TPSA) is 51.7 Å². The molecule has 0 N–H and O–H groups in total. The molecule has 7 heteroatoms. The molecular weight excluding hydrogens is 246 g/mol. The zero-order chi connectivity index (χ0) is 13.7. The SMILES string of the molecule is CON(C)C(=O)c1cc(C)c(OCC(F)F)cn1. The monoisotopic (exact) mass is 260 g/mol. The molecule has 5 nitrogen and oxygen atoms in total. The van der Waals surface area contributed by atoms with Crippen molar-refractivity contribution in [2.45, 2.75) is 13.3 Å². The second kappa shape index (κ2) is 6.25. The lowest BCUT2D eigenvalue weighted by Crippen LogP contribution is -2.26. The first kappa shape index (κ1) is 14.3. The van der Waals surface area contributed by atoms with E-state index < -0.39 is 18.9 Å². The van der Waals surface area contributed by atoms with E-state index in [1.54, 1.807) is 6.92 Å². The largest absolute Gasteiger partial charge is 0.486 e. The Morgan fingerprint density at radius 2 is 2.22 bits per heavy atom. The Hall–Kier alpha value is -1.76. The summed E-state index contributed by atoms with van der Waals surface area (Å²) in [6.45, 7) is 0.944. The third kappa shape index (κ3) is 3.63. The molecule has 0 spiro atoms. The van der Waals surface area contributed by atoms with Crippen molar-refractivity contribution in [1.29, 1.82) is 0 Å². The summed E-state index contributed by atoms with van der Waals surface area (Å²) in [6, 6.07) is 1.46. The van der Waals surface area contributed by atoms with Crippen LogP contribution in [0.1, 0.15) is 16.1 Å². The number of hydrogen-bond donors (Lipinski definition) is 0. The fraction of sp³-hybridized carbons (Fsp3) is 0.455. The van der Waals surface area contributed by atoms with E-state index >= 15 is 0 Å². The first-order chi connectivity index (χ1) is 8.45. The highest BCUT2D eigenvalue weighted by Crippen LogP contribution is 2.18. The van der Waals surface area contributed by atoms with Gasteiger partial charge >= 0.3 is 0 Å². The molecule has 0 fully saturated rings. The van der Waals surface area contributed by atoms with E-state index in [0.717, 1.165) is 5.06 Å². The number of alkyl halides is 2. The molecule has 100 valence electrons. The highest BCUT2D eigenvalue weighted by molar-refractivity contribution is 5.91. The van der Waals surface area contributed by atoms with Crippen molar-refractivity contribution in [3.05, 3.63) is 23.5 Å². The van der Waals surface area contributed by atoms with Gasteiger partial charge in [-0.2, -0.15) is 0 Å². The molecule has 18 heavy (non-hydrogen) atoms. The molecule has 0 aromatic carbocycles. The Balaban J connectivity index is 2.82. The number of aryl methyl sites for hydroxylation is 1. The summed E-state index contributed by atoms with van der Waals surface area (Å²) in [5.74, 6) is -0.201. The molecule has 1 amide bonds. The maximum absolute atomic E-state index is 12.0. The minimum Gasteiger partial charge on any atom is -0.486 e. The van der Waals surface area contributed by atoms with E-state index in [-0.39, 0.29) is 11.4 Å². The van der Waals surface area contributed by atoms with Gasteiger partial charge in [0.25, 0.3) is 12.3 Å². The van der Waals surface area contributed by atoms with Crippen molar-refractivity contribution in [3.8, 4) is 5.75 Å². The van der Waals surface area contributed by atoms with E-state index in [1.165, 1.54) is 26.4 Å². The van der Waals surface area contributed by atoms with Crippen LogP contribution in [0, 0.1) is 6.92 Å². The predicted molar refractivity (Wildman–Crippen MR) is 59.6 cm³/mol. The fourth-order valence-electron chi connectivity index (χ4n) is 1.21. The Kier molecular flexibility index (Phi) is 4.96. The first-order valence-electron chi connectivity index (χ1n) is 5.15. The number of rotatable bonds is 5. The number of carbonyl (C=O) groups is 1. The Morgan fingerprint density at radius 3 is 2.72 bits per heavy atom. The van der Waals surface area contributed by atoms with Crippen molar-refractivity contribution in [3.63, 3.8) is 0 Å².